The molecule has 23 heavy (non-hydrogen) atoms. The Morgan fingerprint density at radius 1 is 0.870 bits per heavy atom. The molecule has 0 atom stereocenters. The summed E-state index contributed by atoms with van der Waals surface area (Å²) >= 11 is 24.5. The van der Waals surface area contributed by atoms with Gasteiger partial charge in [0.2, 0.25) is 0 Å². The molecule has 2 aromatic carbocycles. The topological polar surface area (TPSA) is 24.4 Å². The van der Waals surface area contributed by atoms with Crippen LogP contribution in [0.3, 0.4) is 0 Å². The number of aliphatic imine (C=N–C) groups is 1. The number of para-hydroxylation sites is 2. The summed E-state index contributed by atoms with van der Waals surface area (Å²) in [6.07, 6.45) is 1.86. The molecule has 0 aliphatic heterocycles. The van der Waals surface area contributed by atoms with Crippen LogP contribution in [-0.2, 0) is 0 Å². The second kappa shape index (κ2) is 8.07. The quantitative estimate of drug-likeness (QED) is 0.542. The number of anilines is 1. The van der Waals surface area contributed by atoms with E-state index in [1.807, 2.05) is 19.9 Å². The molecule has 0 saturated carbocycles. The Morgan fingerprint density at radius 3 is 1.87 bits per heavy atom. The summed E-state index contributed by atoms with van der Waals surface area (Å²) in [5.41, 5.74) is 2.79. The largest absolute Gasteiger partial charge is 0.357 e. The van der Waals surface area contributed by atoms with E-state index >= 15 is 0 Å². The molecular weight excluding hydrogens is 374 g/mol. The van der Waals surface area contributed by atoms with Crippen molar-refractivity contribution in [2.75, 3.05) is 5.32 Å². The lowest BCUT2D eigenvalue weighted by Crippen LogP contribution is -1.99. The fourth-order valence-electron chi connectivity index (χ4n) is 1.97. The van der Waals surface area contributed by atoms with Crippen LogP contribution >= 0.6 is 46.4 Å². The second-order valence-electron chi connectivity index (χ2n) is 4.87. The van der Waals surface area contributed by atoms with E-state index in [1.54, 1.807) is 36.4 Å². The highest BCUT2D eigenvalue weighted by Gasteiger charge is 2.06. The summed E-state index contributed by atoms with van der Waals surface area (Å²) in [4.78, 5) is 4.45. The molecule has 0 fully saturated rings. The lowest BCUT2D eigenvalue weighted by Gasteiger charge is -2.10. The molecule has 0 heterocycles. The molecule has 2 nitrogen and oxygen atoms in total. The summed E-state index contributed by atoms with van der Waals surface area (Å²) < 4.78 is 0. The van der Waals surface area contributed by atoms with Gasteiger partial charge in [-0.25, -0.2) is 0 Å². The van der Waals surface area contributed by atoms with E-state index < -0.39 is 0 Å². The second-order valence-corrected chi connectivity index (χ2v) is 6.50. The Labute approximate surface area is 155 Å². The molecule has 0 unspecified atom stereocenters. The summed E-state index contributed by atoms with van der Waals surface area (Å²) in [6.45, 7) is 3.76. The van der Waals surface area contributed by atoms with E-state index in [-0.39, 0.29) is 0 Å². The van der Waals surface area contributed by atoms with Crippen molar-refractivity contribution in [2.24, 2.45) is 4.99 Å². The van der Waals surface area contributed by atoms with Gasteiger partial charge in [0.1, 0.15) is 5.69 Å². The smallest absolute Gasteiger partial charge is 0.100 e. The van der Waals surface area contributed by atoms with Gasteiger partial charge in [-0.2, -0.15) is 0 Å². The lowest BCUT2D eigenvalue weighted by molar-refractivity contribution is 1.37. The molecule has 0 spiro atoms. The molecule has 6 heteroatoms. The Balaban J connectivity index is 2.25. The third kappa shape index (κ3) is 4.89. The van der Waals surface area contributed by atoms with E-state index in [2.05, 4.69) is 10.3 Å². The number of hydrogen-bond donors (Lipinski definition) is 1. The zero-order valence-electron chi connectivity index (χ0n) is 12.5. The summed E-state index contributed by atoms with van der Waals surface area (Å²) in [5.74, 6) is 0. The van der Waals surface area contributed by atoms with Gasteiger partial charge < -0.3 is 5.32 Å². The first-order chi connectivity index (χ1) is 10.9. The number of halogens is 4. The summed E-state index contributed by atoms with van der Waals surface area (Å²) in [5, 5.41) is 5.28. The van der Waals surface area contributed by atoms with Crippen molar-refractivity contribution < 1.29 is 0 Å². The van der Waals surface area contributed by atoms with E-state index in [4.69, 9.17) is 46.4 Å². The van der Waals surface area contributed by atoms with Crippen molar-refractivity contribution in [3.05, 3.63) is 68.3 Å². The first kappa shape index (κ1) is 18.2. The van der Waals surface area contributed by atoms with Crippen molar-refractivity contribution >= 4 is 63.5 Å². The van der Waals surface area contributed by atoms with Gasteiger partial charge in [-0.05, 0) is 44.2 Å². The van der Waals surface area contributed by atoms with Crippen LogP contribution in [0.1, 0.15) is 13.8 Å². The molecular formula is C17H14Cl4N2. The molecule has 0 aliphatic rings. The minimum atomic E-state index is 0.505. The molecule has 120 valence electrons. The highest BCUT2D eigenvalue weighted by Crippen LogP contribution is 2.33. The van der Waals surface area contributed by atoms with Crippen LogP contribution in [0.2, 0.25) is 20.1 Å². The van der Waals surface area contributed by atoms with Gasteiger partial charge in [-0.15, -0.1) is 0 Å². The van der Waals surface area contributed by atoms with Crippen LogP contribution in [0.4, 0.5) is 11.4 Å². The molecule has 2 aromatic rings. The van der Waals surface area contributed by atoms with Crippen molar-refractivity contribution in [3.63, 3.8) is 0 Å². The van der Waals surface area contributed by atoms with Crippen molar-refractivity contribution in [1.29, 1.82) is 0 Å². The number of hydrogen-bond acceptors (Lipinski definition) is 2. The summed E-state index contributed by atoms with van der Waals surface area (Å²) in [6, 6.07) is 10.6. The monoisotopic (exact) mass is 386 g/mol. The lowest BCUT2D eigenvalue weighted by atomic mass is 10.2. The average Bonchev–Trinajstić information content (AvgIpc) is 2.47. The van der Waals surface area contributed by atoms with Gasteiger partial charge in [0, 0.05) is 11.4 Å². The Hall–Kier alpha value is -1.19. The fraction of sp³-hybridized carbons (Fsp3) is 0.118. The standard InChI is InChI=1S/C17H14Cl4N2/c1-10(22-16-12(18)5-3-6-13(16)19)9-11(2)23-17-14(20)7-4-8-15(17)21/h3-9,22H,1-2H3/b10-9-,23-11?. The molecule has 1 N–H and O–H groups in total. The fourth-order valence-corrected chi connectivity index (χ4v) is 2.94. The molecule has 0 bridgehead atoms. The molecule has 0 saturated heterocycles. The normalized spacial score (nSPS) is 12.4. The van der Waals surface area contributed by atoms with Crippen LogP contribution < -0.4 is 5.32 Å². The maximum atomic E-state index is 6.14. The molecule has 0 aromatic heterocycles. The van der Waals surface area contributed by atoms with Gasteiger partial charge >= 0.3 is 0 Å². The molecule has 0 aliphatic carbocycles. The molecule has 0 amide bonds. The van der Waals surface area contributed by atoms with E-state index in [0.29, 0.717) is 31.5 Å². The maximum absolute atomic E-state index is 6.14. The van der Waals surface area contributed by atoms with E-state index in [9.17, 15) is 0 Å². The Bertz CT molecular complexity index is 742. The van der Waals surface area contributed by atoms with Gasteiger partial charge in [0.25, 0.3) is 0 Å². The van der Waals surface area contributed by atoms with Gasteiger partial charge in [-0.3, -0.25) is 4.99 Å². The number of allylic oxidation sites excluding steroid dienone is 2. The Kier molecular flexibility index (Phi) is 6.37. The average molecular weight is 388 g/mol. The van der Waals surface area contributed by atoms with Crippen LogP contribution in [0.25, 0.3) is 0 Å². The Morgan fingerprint density at radius 2 is 1.35 bits per heavy atom. The van der Waals surface area contributed by atoms with Crippen LogP contribution in [-0.4, -0.2) is 5.71 Å². The maximum Gasteiger partial charge on any atom is 0.100 e. The zero-order chi connectivity index (χ0) is 17.0. The predicted octanol–water partition coefficient (Wildman–Crippen LogP) is 7.41. The number of benzene rings is 2. The predicted molar refractivity (Wildman–Crippen MR) is 103 cm³/mol. The first-order valence-electron chi connectivity index (χ1n) is 6.77. The van der Waals surface area contributed by atoms with Crippen LogP contribution in [0.15, 0.2) is 53.2 Å². The number of rotatable bonds is 4. The number of nitrogens with one attached hydrogen (secondary N) is 1. The van der Waals surface area contributed by atoms with Crippen LogP contribution in [0.5, 0.6) is 0 Å². The van der Waals surface area contributed by atoms with Crippen molar-refractivity contribution in [2.45, 2.75) is 13.8 Å². The third-order valence-electron chi connectivity index (χ3n) is 2.94. The molecule has 0 radical (unpaired) electrons. The minimum absolute atomic E-state index is 0.505. The van der Waals surface area contributed by atoms with Gasteiger partial charge in [-0.1, -0.05) is 58.5 Å². The van der Waals surface area contributed by atoms with E-state index in [0.717, 1.165) is 11.4 Å². The van der Waals surface area contributed by atoms with Gasteiger partial charge in [0.05, 0.1) is 25.8 Å². The molecule has 2 rings (SSSR count). The zero-order valence-corrected chi connectivity index (χ0v) is 15.5. The SMILES string of the molecule is CC(/C=C(/C)Nc1c(Cl)cccc1Cl)=Nc1c(Cl)cccc1Cl. The highest BCUT2D eigenvalue weighted by atomic mass is 35.5. The number of nitrogens with zero attached hydrogens (tertiary/aromatic N) is 1. The van der Waals surface area contributed by atoms with Gasteiger partial charge in [0.15, 0.2) is 0 Å². The summed E-state index contributed by atoms with van der Waals surface area (Å²) in [7, 11) is 0. The highest BCUT2D eigenvalue weighted by molar-refractivity contribution is 6.39. The van der Waals surface area contributed by atoms with Crippen molar-refractivity contribution in [3.8, 4) is 0 Å². The minimum Gasteiger partial charge on any atom is -0.357 e. The van der Waals surface area contributed by atoms with Crippen molar-refractivity contribution in [1.82, 2.24) is 0 Å². The van der Waals surface area contributed by atoms with Crippen LogP contribution in [0, 0.1) is 0 Å². The van der Waals surface area contributed by atoms with E-state index in [1.165, 1.54) is 0 Å². The first-order valence-corrected chi connectivity index (χ1v) is 8.28. The third-order valence-corrected chi connectivity index (χ3v) is 4.18.